The molecule has 1 saturated heterocycles. The van der Waals surface area contributed by atoms with Gasteiger partial charge in [0.15, 0.2) is 0 Å². The van der Waals surface area contributed by atoms with Crippen LogP contribution in [0.2, 0.25) is 0 Å². The zero-order chi connectivity index (χ0) is 14.5. The van der Waals surface area contributed by atoms with E-state index >= 15 is 0 Å². The molecule has 1 aliphatic heterocycles. The molecule has 0 spiro atoms. The normalized spacial score (nSPS) is 23.5. The number of nitrogens with zero attached hydrogens (tertiary/aromatic N) is 2. The van der Waals surface area contributed by atoms with Gasteiger partial charge in [0.05, 0.1) is 0 Å². The Hall–Kier alpha value is -0.930. The highest BCUT2D eigenvalue weighted by Gasteiger charge is 2.46. The van der Waals surface area contributed by atoms with Gasteiger partial charge in [-0.25, -0.2) is 0 Å². The fourth-order valence-corrected chi connectivity index (χ4v) is 4.46. The van der Waals surface area contributed by atoms with Gasteiger partial charge in [-0.1, -0.05) is 25.8 Å². The van der Waals surface area contributed by atoms with Gasteiger partial charge in [0.1, 0.15) is 0 Å². The summed E-state index contributed by atoms with van der Waals surface area (Å²) in [6.07, 6.45) is 11.2. The second kappa shape index (κ2) is 6.89. The van der Waals surface area contributed by atoms with Crippen LogP contribution in [-0.2, 0) is 6.42 Å². The third-order valence-corrected chi connectivity index (χ3v) is 5.44. The predicted octanol–water partition coefficient (Wildman–Crippen LogP) is 3.01. The van der Waals surface area contributed by atoms with E-state index < -0.39 is 0 Å². The van der Waals surface area contributed by atoms with Crippen molar-refractivity contribution in [3.63, 3.8) is 0 Å². The van der Waals surface area contributed by atoms with Crippen molar-refractivity contribution < 1.29 is 0 Å². The Kier molecular flexibility index (Phi) is 4.91. The average molecular weight is 287 g/mol. The number of nitrogens with one attached hydrogen (secondary N) is 1. The minimum absolute atomic E-state index is 0.379. The van der Waals surface area contributed by atoms with Crippen LogP contribution in [-0.4, -0.2) is 41.1 Å². The summed E-state index contributed by atoms with van der Waals surface area (Å²) in [6.45, 7) is 5.87. The molecular formula is C18H29N3. The predicted molar refractivity (Wildman–Crippen MR) is 87.4 cm³/mol. The molecule has 0 bridgehead atoms. The molecule has 3 heteroatoms. The van der Waals surface area contributed by atoms with E-state index in [1.165, 1.54) is 57.3 Å². The van der Waals surface area contributed by atoms with E-state index in [1.54, 1.807) is 0 Å². The number of hydrogen-bond acceptors (Lipinski definition) is 3. The topological polar surface area (TPSA) is 28.2 Å². The second-order valence-electron chi connectivity index (χ2n) is 6.64. The molecule has 2 fully saturated rings. The molecule has 1 unspecified atom stereocenters. The monoisotopic (exact) mass is 287 g/mol. The molecule has 0 amide bonds. The van der Waals surface area contributed by atoms with Gasteiger partial charge in [-0.15, -0.1) is 0 Å². The van der Waals surface area contributed by atoms with Crippen molar-refractivity contribution in [1.82, 2.24) is 15.2 Å². The fourth-order valence-electron chi connectivity index (χ4n) is 4.46. The Morgan fingerprint density at radius 2 is 1.95 bits per heavy atom. The minimum atomic E-state index is 0.379. The standard InChI is InChI=1S/C18H29N3/c1-2-19-17(15-16-9-3-6-12-20-16)18(10-4-5-11-18)21-13-7-8-14-21/h3,6,9,12,17,19H,2,4-5,7-8,10-11,13-15H2,1H3. The Morgan fingerprint density at radius 3 is 2.57 bits per heavy atom. The summed E-state index contributed by atoms with van der Waals surface area (Å²) in [5, 5.41) is 3.81. The summed E-state index contributed by atoms with van der Waals surface area (Å²) < 4.78 is 0. The average Bonchev–Trinajstić information content (AvgIpc) is 3.20. The molecule has 3 rings (SSSR count). The van der Waals surface area contributed by atoms with Crippen LogP contribution in [0.5, 0.6) is 0 Å². The molecule has 0 radical (unpaired) electrons. The summed E-state index contributed by atoms with van der Waals surface area (Å²) in [7, 11) is 0. The van der Waals surface area contributed by atoms with Crippen LogP contribution >= 0.6 is 0 Å². The lowest BCUT2D eigenvalue weighted by Gasteiger charge is -2.45. The molecule has 0 aromatic carbocycles. The molecule has 21 heavy (non-hydrogen) atoms. The lowest BCUT2D eigenvalue weighted by Crippen LogP contribution is -2.60. The van der Waals surface area contributed by atoms with Gasteiger partial charge in [0.25, 0.3) is 0 Å². The van der Waals surface area contributed by atoms with Crippen LogP contribution < -0.4 is 5.32 Å². The van der Waals surface area contributed by atoms with Crippen LogP contribution in [0.25, 0.3) is 0 Å². The number of aromatic nitrogens is 1. The van der Waals surface area contributed by atoms with E-state index in [0.29, 0.717) is 11.6 Å². The molecule has 1 aromatic heterocycles. The van der Waals surface area contributed by atoms with Crippen molar-refractivity contribution in [2.45, 2.75) is 63.5 Å². The number of likely N-dealkylation sites (N-methyl/N-ethyl adjacent to an activating group) is 1. The summed E-state index contributed by atoms with van der Waals surface area (Å²) in [6, 6.07) is 6.84. The summed E-state index contributed by atoms with van der Waals surface area (Å²) >= 11 is 0. The first kappa shape index (κ1) is 15.0. The molecule has 1 N–H and O–H groups in total. The van der Waals surface area contributed by atoms with Gasteiger partial charge in [-0.3, -0.25) is 9.88 Å². The summed E-state index contributed by atoms with van der Waals surface area (Å²) in [5.41, 5.74) is 1.61. The first-order chi connectivity index (χ1) is 10.3. The molecule has 1 saturated carbocycles. The van der Waals surface area contributed by atoms with Gasteiger partial charge >= 0.3 is 0 Å². The molecule has 116 valence electrons. The largest absolute Gasteiger partial charge is 0.312 e. The van der Waals surface area contributed by atoms with Crippen molar-refractivity contribution >= 4 is 0 Å². The molecule has 2 heterocycles. The molecular weight excluding hydrogens is 258 g/mol. The lowest BCUT2D eigenvalue weighted by atomic mass is 9.83. The molecule has 1 aliphatic carbocycles. The van der Waals surface area contributed by atoms with E-state index in [2.05, 4.69) is 34.3 Å². The van der Waals surface area contributed by atoms with Crippen LogP contribution in [0.4, 0.5) is 0 Å². The minimum Gasteiger partial charge on any atom is -0.312 e. The van der Waals surface area contributed by atoms with E-state index in [0.717, 1.165) is 13.0 Å². The Balaban J connectivity index is 1.82. The summed E-state index contributed by atoms with van der Waals surface area (Å²) in [5.74, 6) is 0. The van der Waals surface area contributed by atoms with Crippen LogP contribution in [0.15, 0.2) is 24.4 Å². The third kappa shape index (κ3) is 3.14. The van der Waals surface area contributed by atoms with Gasteiger partial charge in [0.2, 0.25) is 0 Å². The number of hydrogen-bond donors (Lipinski definition) is 1. The van der Waals surface area contributed by atoms with Crippen LogP contribution in [0, 0.1) is 0 Å². The fraction of sp³-hybridized carbons (Fsp3) is 0.722. The maximum absolute atomic E-state index is 4.57. The number of pyridine rings is 1. The zero-order valence-electron chi connectivity index (χ0n) is 13.4. The second-order valence-corrected chi connectivity index (χ2v) is 6.64. The maximum atomic E-state index is 4.57. The molecule has 1 atom stereocenters. The zero-order valence-corrected chi connectivity index (χ0v) is 13.4. The molecule has 3 nitrogen and oxygen atoms in total. The highest BCUT2D eigenvalue weighted by atomic mass is 15.2. The Morgan fingerprint density at radius 1 is 1.19 bits per heavy atom. The van der Waals surface area contributed by atoms with E-state index in [9.17, 15) is 0 Å². The highest BCUT2D eigenvalue weighted by Crippen LogP contribution is 2.40. The quantitative estimate of drug-likeness (QED) is 0.872. The number of likely N-dealkylation sites (tertiary alicyclic amines) is 1. The van der Waals surface area contributed by atoms with E-state index in [-0.39, 0.29) is 0 Å². The van der Waals surface area contributed by atoms with Crippen LogP contribution in [0.1, 0.15) is 51.1 Å². The smallest absolute Gasteiger partial charge is 0.0419 e. The van der Waals surface area contributed by atoms with Gasteiger partial charge in [-0.05, 0) is 57.5 Å². The van der Waals surface area contributed by atoms with Crippen molar-refractivity contribution in [3.8, 4) is 0 Å². The highest BCUT2D eigenvalue weighted by molar-refractivity contribution is 5.12. The third-order valence-electron chi connectivity index (χ3n) is 5.44. The van der Waals surface area contributed by atoms with Gasteiger partial charge < -0.3 is 5.32 Å². The van der Waals surface area contributed by atoms with Gasteiger partial charge in [0, 0.05) is 29.9 Å². The molecule has 2 aliphatic rings. The SMILES string of the molecule is CCNC(Cc1ccccn1)C1(N2CCCC2)CCCC1. The summed E-state index contributed by atoms with van der Waals surface area (Å²) in [4.78, 5) is 7.37. The van der Waals surface area contributed by atoms with Crippen molar-refractivity contribution in [2.75, 3.05) is 19.6 Å². The lowest BCUT2D eigenvalue weighted by molar-refractivity contribution is 0.0768. The Labute approximate surface area is 129 Å². The van der Waals surface area contributed by atoms with E-state index in [4.69, 9.17) is 0 Å². The maximum Gasteiger partial charge on any atom is 0.0419 e. The van der Waals surface area contributed by atoms with Crippen LogP contribution in [0.3, 0.4) is 0 Å². The van der Waals surface area contributed by atoms with Crippen molar-refractivity contribution in [3.05, 3.63) is 30.1 Å². The number of rotatable bonds is 6. The first-order valence-corrected chi connectivity index (χ1v) is 8.73. The van der Waals surface area contributed by atoms with Crippen molar-refractivity contribution in [2.24, 2.45) is 0 Å². The Bertz CT molecular complexity index is 419. The van der Waals surface area contributed by atoms with Gasteiger partial charge in [-0.2, -0.15) is 0 Å². The van der Waals surface area contributed by atoms with E-state index in [1.807, 2.05) is 12.3 Å². The van der Waals surface area contributed by atoms with Crippen molar-refractivity contribution in [1.29, 1.82) is 0 Å². The first-order valence-electron chi connectivity index (χ1n) is 8.73. The molecule has 1 aromatic rings.